The van der Waals surface area contributed by atoms with Gasteiger partial charge in [-0.15, -0.1) is 11.3 Å². The van der Waals surface area contributed by atoms with Crippen molar-refractivity contribution >= 4 is 22.9 Å². The highest BCUT2D eigenvalue weighted by Crippen LogP contribution is 2.33. The van der Waals surface area contributed by atoms with Crippen LogP contribution in [0.4, 0.5) is 5.69 Å². The van der Waals surface area contributed by atoms with Crippen molar-refractivity contribution in [2.75, 3.05) is 12.8 Å². The summed E-state index contributed by atoms with van der Waals surface area (Å²) < 4.78 is 0. The van der Waals surface area contributed by atoms with E-state index in [0.717, 1.165) is 22.0 Å². The molecule has 5 heteroatoms. The Kier molecular flexibility index (Phi) is 4.09. The number of benzene rings is 1. The molecule has 0 spiro atoms. The molecule has 20 heavy (non-hydrogen) atoms. The molecule has 0 radical (unpaired) electrons. The maximum atomic E-state index is 11.4. The minimum atomic E-state index is -0.195. The lowest BCUT2D eigenvalue weighted by molar-refractivity contribution is -0.120. The number of carbonyl (C=O) groups is 1. The van der Waals surface area contributed by atoms with Crippen molar-refractivity contribution in [3.05, 3.63) is 45.9 Å². The fourth-order valence-electron chi connectivity index (χ4n) is 1.95. The molecule has 2 rings (SSSR count). The zero-order chi connectivity index (χ0) is 14.8. The van der Waals surface area contributed by atoms with E-state index in [9.17, 15) is 4.79 Å². The van der Waals surface area contributed by atoms with Gasteiger partial charge in [-0.25, -0.2) is 4.98 Å². The number of anilines is 1. The summed E-state index contributed by atoms with van der Waals surface area (Å²) in [5, 5.41) is 5.56. The Morgan fingerprint density at radius 1 is 1.35 bits per heavy atom. The fourth-order valence-corrected chi connectivity index (χ4v) is 2.92. The highest BCUT2D eigenvalue weighted by molar-refractivity contribution is 7.09. The van der Waals surface area contributed by atoms with Crippen LogP contribution in [0.25, 0.3) is 0 Å². The average Bonchev–Trinajstić information content (AvgIpc) is 2.88. The average molecular weight is 289 g/mol. The van der Waals surface area contributed by atoms with Crippen LogP contribution in [0.1, 0.15) is 30.1 Å². The van der Waals surface area contributed by atoms with E-state index in [0.29, 0.717) is 6.42 Å². The van der Waals surface area contributed by atoms with E-state index >= 15 is 0 Å². The van der Waals surface area contributed by atoms with Crippen molar-refractivity contribution in [3.8, 4) is 0 Å². The van der Waals surface area contributed by atoms with E-state index in [2.05, 4.69) is 24.1 Å². The summed E-state index contributed by atoms with van der Waals surface area (Å²) >= 11 is 1.59. The van der Waals surface area contributed by atoms with Gasteiger partial charge in [0, 0.05) is 23.5 Å². The minimum absolute atomic E-state index is 0.0212. The second kappa shape index (κ2) is 5.63. The zero-order valence-corrected chi connectivity index (χ0v) is 12.8. The first-order valence-corrected chi connectivity index (χ1v) is 7.33. The van der Waals surface area contributed by atoms with E-state index in [1.54, 1.807) is 18.4 Å². The number of hydrogen-bond donors (Lipinski definition) is 2. The van der Waals surface area contributed by atoms with E-state index in [-0.39, 0.29) is 11.3 Å². The second-order valence-electron chi connectivity index (χ2n) is 5.24. The van der Waals surface area contributed by atoms with Gasteiger partial charge in [-0.3, -0.25) is 4.79 Å². The number of nitrogens with zero attached hydrogens (tertiary/aromatic N) is 1. The molecular formula is C15H19N3OS. The van der Waals surface area contributed by atoms with Crippen LogP contribution in [-0.4, -0.2) is 17.9 Å². The maximum absolute atomic E-state index is 11.4. The minimum Gasteiger partial charge on any atom is -0.399 e. The van der Waals surface area contributed by atoms with Gasteiger partial charge in [0.25, 0.3) is 0 Å². The molecule has 0 unspecified atom stereocenters. The van der Waals surface area contributed by atoms with Crippen molar-refractivity contribution in [1.82, 2.24) is 10.3 Å². The zero-order valence-electron chi connectivity index (χ0n) is 11.9. The third kappa shape index (κ3) is 2.99. The van der Waals surface area contributed by atoms with Crippen molar-refractivity contribution < 1.29 is 4.79 Å². The molecule has 0 aliphatic carbocycles. The van der Waals surface area contributed by atoms with Crippen LogP contribution in [0, 0.1) is 0 Å². The first-order chi connectivity index (χ1) is 9.43. The summed E-state index contributed by atoms with van der Waals surface area (Å²) in [6.45, 7) is 4.25. The van der Waals surface area contributed by atoms with Crippen LogP contribution in [0.2, 0.25) is 0 Å². The van der Waals surface area contributed by atoms with E-state index in [1.165, 1.54) is 0 Å². The Bertz CT molecular complexity index is 602. The molecule has 106 valence electrons. The lowest BCUT2D eigenvalue weighted by Crippen LogP contribution is -2.21. The number of likely N-dealkylation sites (N-methyl/N-ethyl adjacent to an activating group) is 1. The number of nitrogens with one attached hydrogen (secondary N) is 1. The normalized spacial score (nSPS) is 11.3. The quantitative estimate of drug-likeness (QED) is 0.849. The number of nitrogens with two attached hydrogens (primary N) is 1. The summed E-state index contributed by atoms with van der Waals surface area (Å²) in [7, 11) is 1.63. The van der Waals surface area contributed by atoms with Gasteiger partial charge in [0.2, 0.25) is 5.91 Å². The molecule has 0 saturated carbocycles. The molecule has 0 aliphatic rings. The molecule has 1 heterocycles. The molecule has 1 aromatic heterocycles. The number of rotatable bonds is 4. The summed E-state index contributed by atoms with van der Waals surface area (Å²) in [6.07, 6.45) is 0.324. The van der Waals surface area contributed by atoms with Crippen LogP contribution in [0.15, 0.2) is 29.6 Å². The summed E-state index contributed by atoms with van der Waals surface area (Å²) in [5.41, 5.74) is 8.26. The standard InChI is InChI=1S/C15H19N3OS/c1-15(2,10-4-6-11(16)7-5-10)14-18-12(9-20-14)8-13(19)17-3/h4-7,9H,8,16H2,1-3H3,(H,17,19). The van der Waals surface area contributed by atoms with Crippen molar-refractivity contribution in [2.24, 2.45) is 0 Å². The number of thiazole rings is 1. The third-order valence-electron chi connectivity index (χ3n) is 3.34. The van der Waals surface area contributed by atoms with Crippen molar-refractivity contribution in [3.63, 3.8) is 0 Å². The summed E-state index contributed by atoms with van der Waals surface area (Å²) in [4.78, 5) is 16.0. The number of aromatic nitrogens is 1. The summed E-state index contributed by atoms with van der Waals surface area (Å²) in [6, 6.07) is 7.84. The Morgan fingerprint density at radius 3 is 2.60 bits per heavy atom. The van der Waals surface area contributed by atoms with Gasteiger partial charge in [0.15, 0.2) is 0 Å². The van der Waals surface area contributed by atoms with Crippen LogP contribution in [-0.2, 0) is 16.6 Å². The van der Waals surface area contributed by atoms with Crippen LogP contribution >= 0.6 is 11.3 Å². The van der Waals surface area contributed by atoms with Crippen molar-refractivity contribution in [1.29, 1.82) is 0 Å². The molecule has 1 amide bonds. The van der Waals surface area contributed by atoms with Crippen LogP contribution < -0.4 is 11.1 Å². The van der Waals surface area contributed by atoms with Gasteiger partial charge in [-0.1, -0.05) is 12.1 Å². The van der Waals surface area contributed by atoms with Gasteiger partial charge in [-0.05, 0) is 31.5 Å². The molecule has 4 nitrogen and oxygen atoms in total. The van der Waals surface area contributed by atoms with E-state index < -0.39 is 0 Å². The van der Waals surface area contributed by atoms with Gasteiger partial charge in [0.1, 0.15) is 5.01 Å². The highest BCUT2D eigenvalue weighted by Gasteiger charge is 2.26. The molecule has 0 saturated heterocycles. The molecule has 3 N–H and O–H groups in total. The van der Waals surface area contributed by atoms with Gasteiger partial charge >= 0.3 is 0 Å². The summed E-state index contributed by atoms with van der Waals surface area (Å²) in [5.74, 6) is -0.0212. The Balaban J connectivity index is 2.25. The Labute approximate surface area is 123 Å². The number of amides is 1. The number of nitrogen functional groups attached to an aromatic ring is 1. The first kappa shape index (κ1) is 14.5. The molecule has 1 aromatic carbocycles. The van der Waals surface area contributed by atoms with Crippen LogP contribution in [0.3, 0.4) is 0 Å². The molecular weight excluding hydrogens is 270 g/mol. The van der Waals surface area contributed by atoms with Crippen LogP contribution in [0.5, 0.6) is 0 Å². The molecule has 0 aliphatic heterocycles. The lowest BCUT2D eigenvalue weighted by Gasteiger charge is -2.22. The van der Waals surface area contributed by atoms with E-state index in [1.807, 2.05) is 29.6 Å². The van der Waals surface area contributed by atoms with Gasteiger partial charge < -0.3 is 11.1 Å². The molecule has 2 aromatic rings. The Hall–Kier alpha value is -1.88. The van der Waals surface area contributed by atoms with E-state index in [4.69, 9.17) is 5.73 Å². The molecule has 0 fully saturated rings. The predicted molar refractivity (Wildman–Crippen MR) is 82.9 cm³/mol. The third-order valence-corrected chi connectivity index (χ3v) is 4.55. The van der Waals surface area contributed by atoms with Crippen molar-refractivity contribution in [2.45, 2.75) is 25.7 Å². The maximum Gasteiger partial charge on any atom is 0.225 e. The molecule has 0 bridgehead atoms. The number of hydrogen-bond acceptors (Lipinski definition) is 4. The molecule has 0 atom stereocenters. The largest absolute Gasteiger partial charge is 0.399 e. The number of carbonyl (C=O) groups excluding carboxylic acids is 1. The monoisotopic (exact) mass is 289 g/mol. The predicted octanol–water partition coefficient (Wildman–Crippen LogP) is 2.34. The smallest absolute Gasteiger partial charge is 0.225 e. The van der Waals surface area contributed by atoms with Gasteiger partial charge in [-0.2, -0.15) is 0 Å². The second-order valence-corrected chi connectivity index (χ2v) is 6.10. The first-order valence-electron chi connectivity index (χ1n) is 6.45. The Morgan fingerprint density at radius 2 is 2.00 bits per heavy atom. The highest BCUT2D eigenvalue weighted by atomic mass is 32.1. The SMILES string of the molecule is CNC(=O)Cc1csc(C(C)(C)c2ccc(N)cc2)n1. The fraction of sp³-hybridized carbons (Fsp3) is 0.333. The lowest BCUT2D eigenvalue weighted by atomic mass is 9.85. The van der Waals surface area contributed by atoms with Gasteiger partial charge in [0.05, 0.1) is 12.1 Å². The topological polar surface area (TPSA) is 68.0 Å².